The fourth-order valence-electron chi connectivity index (χ4n) is 1.87. The van der Waals surface area contributed by atoms with Gasteiger partial charge in [0.15, 0.2) is 0 Å². The molecule has 0 aromatic carbocycles. The van der Waals surface area contributed by atoms with Gasteiger partial charge >= 0.3 is 0 Å². The summed E-state index contributed by atoms with van der Waals surface area (Å²) >= 11 is 0. The quantitative estimate of drug-likeness (QED) is 0.827. The van der Waals surface area contributed by atoms with Crippen LogP contribution < -0.4 is 0 Å². The number of nitrogens with zero attached hydrogens (tertiary/aromatic N) is 1. The molecule has 0 aliphatic carbocycles. The molecular formula is C11H14FNO2. The number of rotatable bonds is 3. The first-order chi connectivity index (χ1) is 7.27. The van der Waals surface area contributed by atoms with Gasteiger partial charge < -0.3 is 9.84 Å². The molecule has 0 bridgehead atoms. The highest BCUT2D eigenvalue weighted by atomic mass is 19.1. The number of halogens is 1. The second kappa shape index (κ2) is 4.68. The Balaban J connectivity index is 2.00. The molecule has 4 heteroatoms. The Labute approximate surface area is 87.9 Å². The summed E-state index contributed by atoms with van der Waals surface area (Å²) in [6.07, 6.45) is 3.38. The van der Waals surface area contributed by atoms with Crippen molar-refractivity contribution in [2.24, 2.45) is 5.92 Å². The van der Waals surface area contributed by atoms with Crippen LogP contribution in [0.5, 0.6) is 0 Å². The van der Waals surface area contributed by atoms with Crippen LogP contribution in [0.4, 0.5) is 4.39 Å². The maximum Gasteiger partial charge on any atom is 0.147 e. The lowest BCUT2D eigenvalue weighted by Crippen LogP contribution is -2.08. The molecule has 1 aliphatic heterocycles. The van der Waals surface area contributed by atoms with Gasteiger partial charge in [0.2, 0.25) is 0 Å². The van der Waals surface area contributed by atoms with E-state index in [1.807, 2.05) is 0 Å². The lowest BCUT2D eigenvalue weighted by molar-refractivity contribution is 0.126. The normalized spacial score (nSPS) is 22.9. The van der Waals surface area contributed by atoms with Gasteiger partial charge in [-0.2, -0.15) is 0 Å². The Morgan fingerprint density at radius 2 is 2.53 bits per heavy atom. The van der Waals surface area contributed by atoms with Gasteiger partial charge in [-0.05, 0) is 24.8 Å². The Kier molecular flexibility index (Phi) is 3.28. The number of aromatic nitrogens is 1. The fourth-order valence-corrected chi connectivity index (χ4v) is 1.87. The van der Waals surface area contributed by atoms with E-state index < -0.39 is 11.9 Å². The summed E-state index contributed by atoms with van der Waals surface area (Å²) in [4.78, 5) is 3.65. The molecule has 1 fully saturated rings. The van der Waals surface area contributed by atoms with Crippen molar-refractivity contribution >= 4 is 0 Å². The minimum absolute atomic E-state index is 0.330. The summed E-state index contributed by atoms with van der Waals surface area (Å²) in [7, 11) is 0. The monoisotopic (exact) mass is 211 g/mol. The Morgan fingerprint density at radius 1 is 1.67 bits per heavy atom. The number of ether oxygens (including phenoxy) is 1. The van der Waals surface area contributed by atoms with Crippen molar-refractivity contribution in [2.45, 2.75) is 18.9 Å². The molecule has 2 heterocycles. The Hall–Kier alpha value is -1.00. The van der Waals surface area contributed by atoms with E-state index in [0.717, 1.165) is 19.2 Å². The average Bonchev–Trinajstić information content (AvgIpc) is 2.71. The van der Waals surface area contributed by atoms with Crippen LogP contribution in [-0.4, -0.2) is 23.3 Å². The van der Waals surface area contributed by atoms with E-state index in [0.29, 0.717) is 24.5 Å². The fraction of sp³-hybridized carbons (Fsp3) is 0.545. The Morgan fingerprint density at radius 3 is 3.20 bits per heavy atom. The highest BCUT2D eigenvalue weighted by Crippen LogP contribution is 2.27. The maximum absolute atomic E-state index is 13.3. The number of aliphatic hydroxyl groups is 1. The van der Waals surface area contributed by atoms with Crippen LogP contribution in [0.25, 0.3) is 0 Å². The zero-order valence-electron chi connectivity index (χ0n) is 8.40. The molecule has 1 aromatic heterocycles. The van der Waals surface area contributed by atoms with Gasteiger partial charge in [0.05, 0.1) is 12.3 Å². The lowest BCUT2D eigenvalue weighted by Gasteiger charge is -2.14. The van der Waals surface area contributed by atoms with Crippen molar-refractivity contribution in [3.63, 3.8) is 0 Å². The standard InChI is InChI=1S/C11H14FNO2/c12-10-6-13-3-1-9(10)11(14)5-8-2-4-15-7-8/h1,3,6,8,11,14H,2,4-5,7H2. The average molecular weight is 211 g/mol. The third-order valence-corrected chi connectivity index (χ3v) is 2.74. The van der Waals surface area contributed by atoms with Crippen LogP contribution in [-0.2, 0) is 4.74 Å². The maximum atomic E-state index is 13.3. The molecule has 3 nitrogen and oxygen atoms in total. The molecule has 0 amide bonds. The number of pyridine rings is 1. The van der Waals surface area contributed by atoms with E-state index in [1.54, 1.807) is 0 Å². The van der Waals surface area contributed by atoms with Gasteiger partial charge in [0, 0.05) is 25.0 Å². The van der Waals surface area contributed by atoms with Crippen LogP contribution in [0, 0.1) is 11.7 Å². The highest BCUT2D eigenvalue weighted by molar-refractivity contribution is 5.15. The van der Waals surface area contributed by atoms with E-state index in [2.05, 4.69) is 4.98 Å². The van der Waals surface area contributed by atoms with E-state index in [-0.39, 0.29) is 0 Å². The second-order valence-corrected chi connectivity index (χ2v) is 3.88. The SMILES string of the molecule is OC(CC1CCOC1)c1ccncc1F. The van der Waals surface area contributed by atoms with Crippen molar-refractivity contribution in [1.29, 1.82) is 0 Å². The third-order valence-electron chi connectivity index (χ3n) is 2.74. The zero-order chi connectivity index (χ0) is 10.7. The van der Waals surface area contributed by atoms with E-state index in [1.165, 1.54) is 12.3 Å². The molecule has 0 radical (unpaired) electrons. The summed E-state index contributed by atoms with van der Waals surface area (Å²) in [6, 6.07) is 1.52. The Bertz CT molecular complexity index is 326. The van der Waals surface area contributed by atoms with Crippen molar-refractivity contribution in [2.75, 3.05) is 13.2 Å². The molecule has 1 saturated heterocycles. The first-order valence-electron chi connectivity index (χ1n) is 5.12. The van der Waals surface area contributed by atoms with Crippen molar-refractivity contribution in [3.8, 4) is 0 Å². The van der Waals surface area contributed by atoms with Crippen LogP contribution in [0.15, 0.2) is 18.5 Å². The van der Waals surface area contributed by atoms with Crippen LogP contribution in [0.1, 0.15) is 24.5 Å². The van der Waals surface area contributed by atoms with Gasteiger partial charge in [-0.3, -0.25) is 4.98 Å². The molecular weight excluding hydrogens is 197 g/mol. The second-order valence-electron chi connectivity index (χ2n) is 3.88. The first-order valence-corrected chi connectivity index (χ1v) is 5.12. The van der Waals surface area contributed by atoms with Gasteiger partial charge in [0.25, 0.3) is 0 Å². The largest absolute Gasteiger partial charge is 0.388 e. The van der Waals surface area contributed by atoms with Crippen molar-refractivity contribution < 1.29 is 14.2 Å². The number of aliphatic hydroxyl groups excluding tert-OH is 1. The third kappa shape index (κ3) is 2.52. The summed E-state index contributed by atoms with van der Waals surface area (Å²) < 4.78 is 18.5. The highest BCUT2D eigenvalue weighted by Gasteiger charge is 2.21. The predicted octanol–water partition coefficient (Wildman–Crippen LogP) is 1.68. The number of hydrogen-bond acceptors (Lipinski definition) is 3. The lowest BCUT2D eigenvalue weighted by atomic mass is 9.97. The van der Waals surface area contributed by atoms with Crippen LogP contribution in [0.2, 0.25) is 0 Å². The topological polar surface area (TPSA) is 42.4 Å². The summed E-state index contributed by atoms with van der Waals surface area (Å²) in [6.45, 7) is 1.42. The van der Waals surface area contributed by atoms with Gasteiger partial charge in [-0.25, -0.2) is 4.39 Å². The van der Waals surface area contributed by atoms with E-state index in [9.17, 15) is 9.50 Å². The zero-order valence-corrected chi connectivity index (χ0v) is 8.40. The molecule has 82 valence electrons. The minimum Gasteiger partial charge on any atom is -0.388 e. The molecule has 1 aromatic rings. The minimum atomic E-state index is -0.750. The van der Waals surface area contributed by atoms with E-state index in [4.69, 9.17) is 4.74 Å². The molecule has 2 unspecified atom stereocenters. The van der Waals surface area contributed by atoms with Gasteiger partial charge in [-0.1, -0.05) is 0 Å². The molecule has 0 saturated carbocycles. The summed E-state index contributed by atoms with van der Waals surface area (Å²) in [5.74, 6) is -0.100. The van der Waals surface area contributed by atoms with Crippen LogP contribution in [0.3, 0.4) is 0 Å². The molecule has 1 aliphatic rings. The summed E-state index contributed by atoms with van der Waals surface area (Å²) in [5.41, 5.74) is 0.330. The van der Waals surface area contributed by atoms with Crippen molar-refractivity contribution in [3.05, 3.63) is 29.8 Å². The number of hydrogen-bond donors (Lipinski definition) is 1. The van der Waals surface area contributed by atoms with Crippen LogP contribution >= 0.6 is 0 Å². The van der Waals surface area contributed by atoms with E-state index >= 15 is 0 Å². The first kappa shape index (κ1) is 10.5. The molecule has 1 N–H and O–H groups in total. The van der Waals surface area contributed by atoms with Gasteiger partial charge in [-0.15, -0.1) is 0 Å². The molecule has 15 heavy (non-hydrogen) atoms. The molecule has 2 rings (SSSR count). The summed E-state index contributed by atoms with van der Waals surface area (Å²) in [5, 5.41) is 9.84. The van der Waals surface area contributed by atoms with Gasteiger partial charge in [0.1, 0.15) is 5.82 Å². The molecule has 0 spiro atoms. The molecule has 2 atom stereocenters. The smallest absolute Gasteiger partial charge is 0.147 e. The predicted molar refractivity (Wildman–Crippen MR) is 52.7 cm³/mol. The van der Waals surface area contributed by atoms with Crippen molar-refractivity contribution in [1.82, 2.24) is 4.98 Å².